The first-order chi connectivity index (χ1) is 18.5. The third-order valence-electron chi connectivity index (χ3n) is 6.87. The standard InChI is InChI=1S/C31H34BrClN2O2S/c32-26-16-14-24(15-17-26)20-35(30(36)22-38-21-25-10-7-11-27(33)18-25)29(19-23-8-3-1-4-9-23)31(37)34-28-12-5-2-6-13-28/h1,3-4,7-11,14-18,28-29H,2,5-6,12-13,19-22H2,(H,34,37)/t29-/m1/s1. The van der Waals surface area contributed by atoms with Crippen LogP contribution in [0.5, 0.6) is 0 Å². The fourth-order valence-corrected chi connectivity index (χ4v) is 6.19. The number of halogens is 2. The van der Waals surface area contributed by atoms with Gasteiger partial charge in [-0.15, -0.1) is 11.8 Å². The summed E-state index contributed by atoms with van der Waals surface area (Å²) in [7, 11) is 0. The minimum atomic E-state index is -0.595. The Bertz CT molecular complexity index is 1190. The quantitative estimate of drug-likeness (QED) is 0.245. The van der Waals surface area contributed by atoms with Gasteiger partial charge in [0, 0.05) is 34.3 Å². The summed E-state index contributed by atoms with van der Waals surface area (Å²) in [6, 6.07) is 25.2. The molecule has 0 aliphatic heterocycles. The van der Waals surface area contributed by atoms with Gasteiger partial charge in [-0.25, -0.2) is 0 Å². The zero-order valence-electron chi connectivity index (χ0n) is 21.5. The van der Waals surface area contributed by atoms with Gasteiger partial charge in [0.05, 0.1) is 5.75 Å². The number of nitrogens with zero attached hydrogens (tertiary/aromatic N) is 1. The summed E-state index contributed by atoms with van der Waals surface area (Å²) in [6.45, 7) is 0.374. The van der Waals surface area contributed by atoms with E-state index in [0.717, 1.165) is 46.8 Å². The predicted molar refractivity (Wildman–Crippen MR) is 161 cm³/mol. The molecule has 3 aromatic carbocycles. The Labute approximate surface area is 243 Å². The lowest BCUT2D eigenvalue weighted by Gasteiger charge is -2.33. The summed E-state index contributed by atoms with van der Waals surface area (Å²) in [5.41, 5.74) is 3.10. The van der Waals surface area contributed by atoms with Crippen molar-refractivity contribution < 1.29 is 9.59 Å². The fourth-order valence-electron chi connectivity index (χ4n) is 4.85. The van der Waals surface area contributed by atoms with E-state index in [-0.39, 0.29) is 23.6 Å². The zero-order valence-corrected chi connectivity index (χ0v) is 24.6. The van der Waals surface area contributed by atoms with Crippen molar-refractivity contribution in [3.8, 4) is 0 Å². The molecule has 1 saturated carbocycles. The highest BCUT2D eigenvalue weighted by atomic mass is 79.9. The second kappa shape index (κ2) is 14.8. The Morgan fingerprint density at radius 1 is 0.921 bits per heavy atom. The Hall–Kier alpha value is -2.28. The van der Waals surface area contributed by atoms with Crippen LogP contribution in [0.15, 0.2) is 83.3 Å². The molecule has 200 valence electrons. The van der Waals surface area contributed by atoms with Crippen molar-refractivity contribution in [1.29, 1.82) is 0 Å². The molecular weight excluding hydrogens is 580 g/mol. The number of carbonyl (C=O) groups excluding carboxylic acids is 2. The number of rotatable bonds is 11. The van der Waals surface area contributed by atoms with E-state index in [1.165, 1.54) is 6.42 Å². The number of nitrogens with one attached hydrogen (secondary N) is 1. The first-order valence-electron chi connectivity index (χ1n) is 13.2. The molecule has 1 aliphatic rings. The highest BCUT2D eigenvalue weighted by Gasteiger charge is 2.31. The van der Waals surface area contributed by atoms with Gasteiger partial charge in [0.2, 0.25) is 11.8 Å². The van der Waals surface area contributed by atoms with Gasteiger partial charge in [0.15, 0.2) is 0 Å². The van der Waals surface area contributed by atoms with Crippen LogP contribution in [0.3, 0.4) is 0 Å². The lowest BCUT2D eigenvalue weighted by atomic mass is 9.94. The summed E-state index contributed by atoms with van der Waals surface area (Å²) in [6.07, 6.45) is 5.96. The van der Waals surface area contributed by atoms with Crippen LogP contribution in [0.25, 0.3) is 0 Å². The number of amides is 2. The maximum atomic E-state index is 13.8. The van der Waals surface area contributed by atoms with Crippen LogP contribution >= 0.6 is 39.3 Å². The summed E-state index contributed by atoms with van der Waals surface area (Å²) in [5, 5.41) is 3.98. The van der Waals surface area contributed by atoms with Gasteiger partial charge in [0.25, 0.3) is 0 Å². The molecule has 0 radical (unpaired) electrons. The van der Waals surface area contributed by atoms with Crippen molar-refractivity contribution >= 4 is 51.1 Å². The minimum Gasteiger partial charge on any atom is -0.352 e. The third-order valence-corrected chi connectivity index (χ3v) is 8.62. The SMILES string of the molecule is O=C(NC1CCCCC1)[C@@H](Cc1ccccc1)N(Cc1ccc(Br)cc1)C(=O)CSCc1cccc(Cl)c1. The molecule has 38 heavy (non-hydrogen) atoms. The molecule has 0 unspecified atom stereocenters. The van der Waals surface area contributed by atoms with E-state index in [9.17, 15) is 9.59 Å². The number of thioether (sulfide) groups is 1. The summed E-state index contributed by atoms with van der Waals surface area (Å²) in [4.78, 5) is 29.4. The van der Waals surface area contributed by atoms with E-state index in [1.807, 2.05) is 78.9 Å². The number of benzene rings is 3. The lowest BCUT2D eigenvalue weighted by Crippen LogP contribution is -2.53. The Morgan fingerprint density at radius 3 is 2.34 bits per heavy atom. The molecule has 7 heteroatoms. The molecule has 3 aromatic rings. The molecule has 4 nitrogen and oxygen atoms in total. The van der Waals surface area contributed by atoms with Crippen LogP contribution in [0.4, 0.5) is 0 Å². The minimum absolute atomic E-state index is 0.0420. The molecule has 0 heterocycles. The molecule has 1 fully saturated rings. The fraction of sp³-hybridized carbons (Fsp3) is 0.355. The third kappa shape index (κ3) is 8.89. The van der Waals surface area contributed by atoms with Gasteiger partial charge in [-0.05, 0) is 53.8 Å². The lowest BCUT2D eigenvalue weighted by molar-refractivity contribution is -0.139. The van der Waals surface area contributed by atoms with Crippen molar-refractivity contribution in [1.82, 2.24) is 10.2 Å². The van der Waals surface area contributed by atoms with E-state index < -0.39 is 6.04 Å². The Balaban J connectivity index is 1.56. The molecule has 4 rings (SSSR count). The first-order valence-corrected chi connectivity index (χ1v) is 15.5. The maximum Gasteiger partial charge on any atom is 0.243 e. The van der Waals surface area contributed by atoms with Gasteiger partial charge in [-0.2, -0.15) is 0 Å². The second-order valence-corrected chi connectivity index (χ2v) is 12.2. The average molecular weight is 614 g/mol. The normalized spacial score (nSPS) is 14.6. The maximum absolute atomic E-state index is 13.8. The smallest absolute Gasteiger partial charge is 0.243 e. The molecular formula is C31H34BrClN2O2S. The zero-order chi connectivity index (χ0) is 26.7. The van der Waals surface area contributed by atoms with E-state index in [2.05, 4.69) is 21.2 Å². The van der Waals surface area contributed by atoms with Crippen molar-refractivity contribution in [3.63, 3.8) is 0 Å². The van der Waals surface area contributed by atoms with Crippen LogP contribution in [0.2, 0.25) is 5.02 Å². The van der Waals surface area contributed by atoms with Crippen LogP contribution in [0.1, 0.15) is 48.8 Å². The molecule has 1 N–H and O–H groups in total. The highest BCUT2D eigenvalue weighted by molar-refractivity contribution is 9.10. The molecule has 2 amide bonds. The summed E-state index contributed by atoms with van der Waals surface area (Å²) < 4.78 is 0.979. The van der Waals surface area contributed by atoms with E-state index >= 15 is 0 Å². The Kier molecular flexibility index (Phi) is 11.2. The van der Waals surface area contributed by atoms with Crippen LogP contribution < -0.4 is 5.32 Å². The van der Waals surface area contributed by atoms with Crippen LogP contribution in [-0.4, -0.2) is 34.6 Å². The van der Waals surface area contributed by atoms with E-state index in [0.29, 0.717) is 23.7 Å². The van der Waals surface area contributed by atoms with Gasteiger partial charge in [-0.3, -0.25) is 9.59 Å². The van der Waals surface area contributed by atoms with Crippen molar-refractivity contribution in [3.05, 3.63) is 105 Å². The molecule has 1 aliphatic carbocycles. The largest absolute Gasteiger partial charge is 0.352 e. The Morgan fingerprint density at radius 2 is 1.63 bits per heavy atom. The highest BCUT2D eigenvalue weighted by Crippen LogP contribution is 2.22. The average Bonchev–Trinajstić information content (AvgIpc) is 2.93. The van der Waals surface area contributed by atoms with Crippen molar-refractivity contribution in [2.45, 2.75) is 62.9 Å². The van der Waals surface area contributed by atoms with Crippen LogP contribution in [0, 0.1) is 0 Å². The molecule has 0 aromatic heterocycles. The summed E-state index contributed by atoms with van der Waals surface area (Å²) >= 11 is 11.2. The first kappa shape index (κ1) is 28.7. The van der Waals surface area contributed by atoms with E-state index in [1.54, 1.807) is 16.7 Å². The van der Waals surface area contributed by atoms with Crippen molar-refractivity contribution in [2.24, 2.45) is 0 Å². The topological polar surface area (TPSA) is 49.4 Å². The monoisotopic (exact) mass is 612 g/mol. The van der Waals surface area contributed by atoms with Gasteiger partial charge in [0.1, 0.15) is 6.04 Å². The predicted octanol–water partition coefficient (Wildman–Crippen LogP) is 7.42. The van der Waals surface area contributed by atoms with Gasteiger partial charge >= 0.3 is 0 Å². The molecule has 0 bridgehead atoms. The van der Waals surface area contributed by atoms with E-state index in [4.69, 9.17) is 11.6 Å². The van der Waals surface area contributed by atoms with Gasteiger partial charge < -0.3 is 10.2 Å². The van der Waals surface area contributed by atoms with Gasteiger partial charge in [-0.1, -0.05) is 101 Å². The van der Waals surface area contributed by atoms with Crippen molar-refractivity contribution in [2.75, 3.05) is 5.75 Å². The number of hydrogen-bond acceptors (Lipinski definition) is 3. The molecule has 0 saturated heterocycles. The molecule has 0 spiro atoms. The van der Waals surface area contributed by atoms with Crippen LogP contribution in [-0.2, 0) is 28.3 Å². The molecule has 1 atom stereocenters. The summed E-state index contributed by atoms with van der Waals surface area (Å²) in [5.74, 6) is 0.854. The number of hydrogen-bond donors (Lipinski definition) is 1. The second-order valence-electron chi connectivity index (χ2n) is 9.82. The number of carbonyl (C=O) groups is 2.